The van der Waals surface area contributed by atoms with Gasteiger partial charge in [-0.1, -0.05) is 37.3 Å². The highest BCUT2D eigenvalue weighted by molar-refractivity contribution is 7.92. The molecule has 4 aromatic carbocycles. The van der Waals surface area contributed by atoms with Crippen molar-refractivity contribution < 1.29 is 32.5 Å². The van der Waals surface area contributed by atoms with Gasteiger partial charge in [0.25, 0.3) is 10.0 Å². The lowest BCUT2D eigenvalue weighted by Gasteiger charge is -2.34. The van der Waals surface area contributed by atoms with Gasteiger partial charge in [0.1, 0.15) is 29.1 Å². The van der Waals surface area contributed by atoms with E-state index in [2.05, 4.69) is 9.62 Å². The van der Waals surface area contributed by atoms with Gasteiger partial charge in [-0.15, -0.1) is 0 Å². The topological polar surface area (TPSA) is 118 Å². The second kappa shape index (κ2) is 15.5. The Balaban J connectivity index is 1.34. The van der Waals surface area contributed by atoms with E-state index in [1.165, 1.54) is 19.2 Å². The molecule has 4 aromatic rings. The molecule has 11 heteroatoms. The van der Waals surface area contributed by atoms with Crippen LogP contribution in [0.1, 0.15) is 25.0 Å². The Labute approximate surface area is 282 Å². The Hall–Kier alpha value is -4.58. The van der Waals surface area contributed by atoms with E-state index in [0.29, 0.717) is 42.4 Å². The number of aliphatic hydroxyl groups excluding tert-OH is 1. The monoisotopic (exact) mass is 673 g/mol. The number of sulfonamides is 1. The van der Waals surface area contributed by atoms with Crippen LogP contribution in [0, 0.1) is 5.92 Å². The highest BCUT2D eigenvalue weighted by atomic mass is 32.2. The van der Waals surface area contributed by atoms with Gasteiger partial charge < -0.3 is 24.2 Å². The smallest absolute Gasteiger partial charge is 0.261 e. The number of nitrogens with zero attached hydrogens (tertiary/aromatic N) is 2. The van der Waals surface area contributed by atoms with E-state index in [-0.39, 0.29) is 35.9 Å². The van der Waals surface area contributed by atoms with E-state index in [9.17, 15) is 18.3 Å². The largest absolute Gasteiger partial charge is 0.497 e. The molecule has 1 aliphatic rings. The van der Waals surface area contributed by atoms with Crippen molar-refractivity contribution in [1.82, 2.24) is 9.80 Å². The van der Waals surface area contributed by atoms with Crippen LogP contribution >= 0.6 is 0 Å². The number of methoxy groups -OCH3 is 1. The number of fused-ring (bicyclic) bond motifs is 1. The van der Waals surface area contributed by atoms with Gasteiger partial charge >= 0.3 is 0 Å². The minimum Gasteiger partial charge on any atom is -0.497 e. The van der Waals surface area contributed by atoms with E-state index < -0.39 is 16.1 Å². The van der Waals surface area contributed by atoms with Gasteiger partial charge in [0, 0.05) is 36.8 Å². The third-order valence-electron chi connectivity index (χ3n) is 8.38. The highest BCUT2D eigenvalue weighted by Gasteiger charge is 2.31. The lowest BCUT2D eigenvalue weighted by Crippen LogP contribution is -2.47. The molecule has 5 rings (SSSR count). The van der Waals surface area contributed by atoms with Crippen LogP contribution in [0.5, 0.6) is 23.0 Å². The molecule has 3 atom stereocenters. The number of likely N-dealkylation sites (N-methyl/N-ethyl adjacent to an activating group) is 1. The van der Waals surface area contributed by atoms with Gasteiger partial charge in [-0.2, -0.15) is 0 Å². The van der Waals surface area contributed by atoms with Gasteiger partial charge in [-0.3, -0.25) is 14.4 Å². The van der Waals surface area contributed by atoms with E-state index in [4.69, 9.17) is 14.2 Å². The highest BCUT2D eigenvalue weighted by Crippen LogP contribution is 2.31. The molecule has 0 unspecified atom stereocenters. The van der Waals surface area contributed by atoms with Crippen LogP contribution in [0.3, 0.4) is 0 Å². The SMILES string of the molecule is COc1ccc(S(=O)(=O)Nc2ccc3c(c2)CC(=O)N([C@@H](C)CO)C[C@@H](C)[C@@H](CN(C)Cc2ccc(Oc4ccccc4)cc2)O3)cc1. The molecule has 254 valence electrons. The van der Waals surface area contributed by atoms with Crippen molar-refractivity contribution in [2.45, 2.75) is 43.9 Å². The molecule has 0 bridgehead atoms. The molecule has 0 saturated heterocycles. The van der Waals surface area contributed by atoms with Crippen molar-refractivity contribution in [1.29, 1.82) is 0 Å². The fourth-order valence-electron chi connectivity index (χ4n) is 5.65. The summed E-state index contributed by atoms with van der Waals surface area (Å²) in [6.45, 7) is 5.30. The van der Waals surface area contributed by atoms with Crippen molar-refractivity contribution in [2.75, 3.05) is 38.6 Å². The van der Waals surface area contributed by atoms with Gasteiger partial charge in [-0.25, -0.2) is 8.42 Å². The summed E-state index contributed by atoms with van der Waals surface area (Å²) in [6.07, 6.45) is -0.319. The molecule has 0 aromatic heterocycles. The maximum atomic E-state index is 13.6. The number of ether oxygens (including phenoxy) is 3. The predicted octanol–water partition coefficient (Wildman–Crippen LogP) is 5.57. The average molecular weight is 674 g/mol. The number of para-hydroxylation sites is 1. The Bertz CT molecular complexity index is 1770. The number of anilines is 1. The maximum absolute atomic E-state index is 13.6. The third-order valence-corrected chi connectivity index (χ3v) is 9.78. The first-order chi connectivity index (χ1) is 23.0. The summed E-state index contributed by atoms with van der Waals surface area (Å²) < 4.78 is 46.7. The Morgan fingerprint density at radius 1 is 0.979 bits per heavy atom. The molecular weight excluding hydrogens is 630 g/mol. The Morgan fingerprint density at radius 3 is 2.31 bits per heavy atom. The fourth-order valence-corrected chi connectivity index (χ4v) is 6.70. The summed E-state index contributed by atoms with van der Waals surface area (Å²) in [6, 6.07) is 28.3. The lowest BCUT2D eigenvalue weighted by atomic mass is 10.0. The summed E-state index contributed by atoms with van der Waals surface area (Å²) in [4.78, 5) is 17.6. The molecule has 1 heterocycles. The fraction of sp³-hybridized carbons (Fsp3) is 0.324. The summed E-state index contributed by atoms with van der Waals surface area (Å²) in [5, 5.41) is 9.98. The molecule has 10 nitrogen and oxygen atoms in total. The summed E-state index contributed by atoms with van der Waals surface area (Å²) >= 11 is 0. The molecule has 0 fully saturated rings. The van der Waals surface area contributed by atoms with Crippen molar-refractivity contribution >= 4 is 21.6 Å². The molecule has 0 saturated carbocycles. The first-order valence-corrected chi connectivity index (χ1v) is 17.4. The van der Waals surface area contributed by atoms with Crippen LogP contribution in [-0.2, 0) is 27.8 Å². The Kier molecular flexibility index (Phi) is 11.3. The minimum atomic E-state index is -3.90. The zero-order valence-electron chi connectivity index (χ0n) is 27.7. The molecule has 0 aliphatic carbocycles. The van der Waals surface area contributed by atoms with E-state index in [1.807, 2.05) is 75.5 Å². The van der Waals surface area contributed by atoms with Crippen molar-refractivity contribution in [3.05, 3.63) is 108 Å². The molecule has 0 spiro atoms. The average Bonchev–Trinajstić information content (AvgIpc) is 3.12. The van der Waals surface area contributed by atoms with Crippen molar-refractivity contribution in [3.63, 3.8) is 0 Å². The number of benzene rings is 4. The van der Waals surface area contributed by atoms with E-state index in [0.717, 1.165) is 17.1 Å². The van der Waals surface area contributed by atoms with Gasteiger partial charge in [-0.05, 0) is 86.3 Å². The van der Waals surface area contributed by atoms with Crippen LogP contribution in [-0.4, -0.2) is 75.2 Å². The lowest BCUT2D eigenvalue weighted by molar-refractivity contribution is -0.134. The molecule has 0 radical (unpaired) electrons. The van der Waals surface area contributed by atoms with Crippen LogP contribution in [0.2, 0.25) is 0 Å². The number of hydrogen-bond acceptors (Lipinski definition) is 8. The molecule has 1 aliphatic heterocycles. The first kappa shape index (κ1) is 34.7. The molecular formula is C37H43N3O7S. The van der Waals surface area contributed by atoms with E-state index >= 15 is 0 Å². The maximum Gasteiger partial charge on any atom is 0.261 e. The van der Waals surface area contributed by atoms with Crippen molar-refractivity contribution in [3.8, 4) is 23.0 Å². The number of carbonyl (C=O) groups excluding carboxylic acids is 1. The number of rotatable bonds is 12. The van der Waals surface area contributed by atoms with Crippen LogP contribution < -0.4 is 18.9 Å². The van der Waals surface area contributed by atoms with Crippen LogP contribution in [0.4, 0.5) is 5.69 Å². The summed E-state index contributed by atoms with van der Waals surface area (Å²) in [7, 11) is -0.369. The number of amides is 1. The third kappa shape index (κ3) is 8.85. The zero-order chi connectivity index (χ0) is 34.3. The number of aliphatic hydroxyl groups is 1. The minimum absolute atomic E-state index is 0.00947. The van der Waals surface area contributed by atoms with Crippen LogP contribution in [0.15, 0.2) is 102 Å². The second-order valence-electron chi connectivity index (χ2n) is 12.2. The second-order valence-corrected chi connectivity index (χ2v) is 13.9. The van der Waals surface area contributed by atoms with Crippen LogP contribution in [0.25, 0.3) is 0 Å². The zero-order valence-corrected chi connectivity index (χ0v) is 28.5. The Morgan fingerprint density at radius 2 is 1.65 bits per heavy atom. The normalized spacial score (nSPS) is 17.4. The van der Waals surface area contributed by atoms with Gasteiger partial charge in [0.05, 0.1) is 31.1 Å². The molecule has 1 amide bonds. The quantitative estimate of drug-likeness (QED) is 0.201. The van der Waals surface area contributed by atoms with Gasteiger partial charge in [0.15, 0.2) is 0 Å². The predicted molar refractivity (Wildman–Crippen MR) is 185 cm³/mol. The number of nitrogens with one attached hydrogen (secondary N) is 1. The summed E-state index contributed by atoms with van der Waals surface area (Å²) in [5.74, 6) is 2.34. The number of hydrogen-bond donors (Lipinski definition) is 2. The van der Waals surface area contributed by atoms with E-state index in [1.54, 1.807) is 35.2 Å². The summed E-state index contributed by atoms with van der Waals surface area (Å²) in [5.41, 5.74) is 1.97. The van der Waals surface area contributed by atoms with Gasteiger partial charge in [0.2, 0.25) is 5.91 Å². The first-order valence-electron chi connectivity index (χ1n) is 15.9. The molecule has 2 N–H and O–H groups in total. The number of carbonyl (C=O) groups is 1. The standard InChI is InChI=1S/C37H43N3O7S/c1-26-22-40(27(2)25-41)37(42)21-29-20-30(38-48(43,44)34-17-15-31(45-4)16-18-34)12-19-35(29)47-36(26)24-39(3)23-28-10-13-33(14-11-28)46-32-8-6-5-7-9-32/h5-20,26-27,36,38,41H,21-25H2,1-4H3/t26-,27+,36-/m1/s1. The van der Waals surface area contributed by atoms with Crippen molar-refractivity contribution in [2.24, 2.45) is 5.92 Å². The molecule has 48 heavy (non-hydrogen) atoms.